The Morgan fingerprint density at radius 3 is 2.48 bits per heavy atom. The number of carbonyl (C=O) groups is 1. The van der Waals surface area contributed by atoms with E-state index in [2.05, 4.69) is 15.3 Å². The number of rotatable bonds is 5. The highest BCUT2D eigenvalue weighted by atomic mass is 16.5. The lowest BCUT2D eigenvalue weighted by molar-refractivity contribution is 0.0935. The van der Waals surface area contributed by atoms with Crippen LogP contribution in [0.3, 0.4) is 0 Å². The summed E-state index contributed by atoms with van der Waals surface area (Å²) in [5.74, 6) is 0.984. The van der Waals surface area contributed by atoms with Gasteiger partial charge in [0.2, 0.25) is 0 Å². The Bertz CT molecular complexity index is 911. The third-order valence-corrected chi connectivity index (χ3v) is 3.94. The second-order valence-electron chi connectivity index (χ2n) is 5.55. The van der Waals surface area contributed by atoms with E-state index < -0.39 is 0 Å². The molecule has 0 saturated heterocycles. The first-order valence-corrected chi connectivity index (χ1v) is 7.87. The number of nitrogens with zero attached hydrogens (tertiary/aromatic N) is 2. The van der Waals surface area contributed by atoms with Crippen LogP contribution in [-0.4, -0.2) is 30.1 Å². The Hall–Kier alpha value is -3.15. The van der Waals surface area contributed by atoms with Crippen molar-refractivity contribution in [2.24, 2.45) is 0 Å². The molecule has 1 aromatic heterocycles. The topological polar surface area (TPSA) is 73.3 Å². The van der Waals surface area contributed by atoms with Crippen LogP contribution in [0.5, 0.6) is 11.5 Å². The largest absolute Gasteiger partial charge is 0.493 e. The smallest absolute Gasteiger partial charge is 0.271 e. The number of carbonyl (C=O) groups excluding carboxylic acids is 1. The fourth-order valence-electron chi connectivity index (χ4n) is 2.54. The van der Waals surface area contributed by atoms with Crippen LogP contribution in [0, 0.1) is 0 Å². The Morgan fingerprint density at radius 1 is 1.04 bits per heavy atom. The standard InChI is InChI=1S/C19H19N3O3/c1-12(13-8-9-17(24-2)18(10-13)25-3)21-19(23)16-11-20-14-6-4-5-7-15(14)22-16/h4-12H,1-3H3,(H,21,23). The summed E-state index contributed by atoms with van der Waals surface area (Å²) in [6, 6.07) is 12.8. The van der Waals surface area contributed by atoms with E-state index >= 15 is 0 Å². The molecule has 3 aromatic rings. The number of ether oxygens (including phenoxy) is 2. The molecule has 0 fully saturated rings. The van der Waals surface area contributed by atoms with Crippen molar-refractivity contribution in [2.45, 2.75) is 13.0 Å². The summed E-state index contributed by atoms with van der Waals surface area (Å²) in [5, 5.41) is 2.93. The molecule has 128 valence electrons. The van der Waals surface area contributed by atoms with Gasteiger partial charge in [-0.25, -0.2) is 4.98 Å². The molecule has 1 amide bonds. The maximum atomic E-state index is 12.5. The molecule has 0 radical (unpaired) electrons. The summed E-state index contributed by atoms with van der Waals surface area (Å²) < 4.78 is 10.5. The minimum atomic E-state index is -0.277. The second kappa shape index (κ2) is 7.17. The Balaban J connectivity index is 1.79. The van der Waals surface area contributed by atoms with Gasteiger partial charge >= 0.3 is 0 Å². The van der Waals surface area contributed by atoms with Gasteiger partial charge in [-0.1, -0.05) is 18.2 Å². The first-order valence-electron chi connectivity index (χ1n) is 7.87. The van der Waals surface area contributed by atoms with Crippen molar-refractivity contribution < 1.29 is 14.3 Å². The zero-order valence-electron chi connectivity index (χ0n) is 14.3. The van der Waals surface area contributed by atoms with Crippen molar-refractivity contribution in [1.82, 2.24) is 15.3 Å². The fourth-order valence-corrected chi connectivity index (χ4v) is 2.54. The Kier molecular flexibility index (Phi) is 4.79. The van der Waals surface area contributed by atoms with E-state index in [0.717, 1.165) is 11.1 Å². The molecule has 1 heterocycles. The fraction of sp³-hybridized carbons (Fsp3) is 0.211. The molecule has 6 heteroatoms. The minimum absolute atomic E-state index is 0.222. The van der Waals surface area contributed by atoms with Crippen LogP contribution in [0.2, 0.25) is 0 Å². The van der Waals surface area contributed by atoms with Gasteiger partial charge in [-0.05, 0) is 36.8 Å². The number of hydrogen-bond donors (Lipinski definition) is 1. The van der Waals surface area contributed by atoms with Gasteiger partial charge in [-0.15, -0.1) is 0 Å². The van der Waals surface area contributed by atoms with Crippen LogP contribution >= 0.6 is 0 Å². The lowest BCUT2D eigenvalue weighted by atomic mass is 10.1. The molecule has 0 aliphatic carbocycles. The number of benzene rings is 2. The van der Waals surface area contributed by atoms with Crippen LogP contribution in [0.15, 0.2) is 48.7 Å². The van der Waals surface area contributed by atoms with Gasteiger partial charge in [0.15, 0.2) is 11.5 Å². The monoisotopic (exact) mass is 337 g/mol. The van der Waals surface area contributed by atoms with E-state index in [1.807, 2.05) is 49.4 Å². The molecule has 0 aliphatic heterocycles. The number of aromatic nitrogens is 2. The number of amides is 1. The molecular formula is C19H19N3O3. The van der Waals surface area contributed by atoms with E-state index in [0.29, 0.717) is 17.0 Å². The van der Waals surface area contributed by atoms with Gasteiger partial charge in [0.25, 0.3) is 5.91 Å². The van der Waals surface area contributed by atoms with E-state index in [-0.39, 0.29) is 17.6 Å². The highest BCUT2D eigenvalue weighted by Crippen LogP contribution is 2.29. The molecule has 1 N–H and O–H groups in total. The van der Waals surface area contributed by atoms with Crippen molar-refractivity contribution in [3.63, 3.8) is 0 Å². The summed E-state index contributed by atoms with van der Waals surface area (Å²) in [6.07, 6.45) is 1.49. The maximum absolute atomic E-state index is 12.5. The van der Waals surface area contributed by atoms with Crippen molar-refractivity contribution in [1.29, 1.82) is 0 Å². The maximum Gasteiger partial charge on any atom is 0.271 e. The van der Waals surface area contributed by atoms with Gasteiger partial charge in [0.1, 0.15) is 5.69 Å². The lowest BCUT2D eigenvalue weighted by Gasteiger charge is -2.16. The normalized spacial score (nSPS) is 11.8. The molecule has 1 unspecified atom stereocenters. The van der Waals surface area contributed by atoms with Gasteiger partial charge in [-0.3, -0.25) is 9.78 Å². The number of fused-ring (bicyclic) bond motifs is 1. The van der Waals surface area contributed by atoms with Crippen LogP contribution in [0.25, 0.3) is 11.0 Å². The quantitative estimate of drug-likeness (QED) is 0.774. The van der Waals surface area contributed by atoms with Crippen LogP contribution in [-0.2, 0) is 0 Å². The summed E-state index contributed by atoms with van der Waals surface area (Å²) >= 11 is 0. The molecule has 0 spiro atoms. The van der Waals surface area contributed by atoms with Gasteiger partial charge < -0.3 is 14.8 Å². The molecule has 3 rings (SSSR count). The predicted molar refractivity (Wildman–Crippen MR) is 95.0 cm³/mol. The molecule has 0 saturated carbocycles. The molecule has 0 aliphatic rings. The minimum Gasteiger partial charge on any atom is -0.493 e. The Morgan fingerprint density at radius 2 is 1.76 bits per heavy atom. The van der Waals surface area contributed by atoms with E-state index in [1.165, 1.54) is 6.20 Å². The van der Waals surface area contributed by atoms with Gasteiger partial charge in [0, 0.05) is 0 Å². The first-order chi connectivity index (χ1) is 12.1. The summed E-state index contributed by atoms with van der Waals surface area (Å²) in [4.78, 5) is 21.1. The predicted octanol–water partition coefficient (Wildman–Crippen LogP) is 3.14. The lowest BCUT2D eigenvalue weighted by Crippen LogP contribution is -2.27. The third kappa shape index (κ3) is 3.52. The number of hydrogen-bond acceptors (Lipinski definition) is 5. The van der Waals surface area contributed by atoms with Crippen molar-refractivity contribution >= 4 is 16.9 Å². The van der Waals surface area contributed by atoms with E-state index in [1.54, 1.807) is 14.2 Å². The molecule has 0 bridgehead atoms. The van der Waals surface area contributed by atoms with Crippen molar-refractivity contribution in [3.05, 3.63) is 59.9 Å². The SMILES string of the molecule is COc1ccc(C(C)NC(=O)c2cnc3ccccc3n2)cc1OC. The summed E-state index contributed by atoms with van der Waals surface area (Å²) in [6.45, 7) is 1.90. The zero-order chi connectivity index (χ0) is 17.8. The molecule has 2 aromatic carbocycles. The van der Waals surface area contributed by atoms with Crippen molar-refractivity contribution in [2.75, 3.05) is 14.2 Å². The van der Waals surface area contributed by atoms with Crippen LogP contribution in [0.4, 0.5) is 0 Å². The summed E-state index contributed by atoms with van der Waals surface area (Å²) in [7, 11) is 3.16. The molecular weight excluding hydrogens is 318 g/mol. The van der Waals surface area contributed by atoms with Crippen LogP contribution in [0.1, 0.15) is 29.0 Å². The average molecular weight is 337 g/mol. The number of methoxy groups -OCH3 is 2. The third-order valence-electron chi connectivity index (χ3n) is 3.94. The van der Waals surface area contributed by atoms with E-state index in [9.17, 15) is 4.79 Å². The first kappa shape index (κ1) is 16.7. The van der Waals surface area contributed by atoms with Crippen LogP contribution < -0.4 is 14.8 Å². The highest BCUT2D eigenvalue weighted by Gasteiger charge is 2.15. The van der Waals surface area contributed by atoms with E-state index in [4.69, 9.17) is 9.47 Å². The van der Waals surface area contributed by atoms with Gasteiger partial charge in [-0.2, -0.15) is 0 Å². The van der Waals surface area contributed by atoms with Crippen molar-refractivity contribution in [3.8, 4) is 11.5 Å². The summed E-state index contributed by atoms with van der Waals surface area (Å²) in [5.41, 5.74) is 2.63. The Labute approximate surface area is 145 Å². The molecule has 25 heavy (non-hydrogen) atoms. The molecule has 1 atom stereocenters. The number of nitrogens with one attached hydrogen (secondary N) is 1. The average Bonchev–Trinajstić information content (AvgIpc) is 2.66. The van der Waals surface area contributed by atoms with Gasteiger partial charge in [0.05, 0.1) is 37.5 Å². The number of para-hydroxylation sites is 2. The zero-order valence-corrected chi connectivity index (χ0v) is 14.3. The second-order valence-corrected chi connectivity index (χ2v) is 5.55. The highest BCUT2D eigenvalue weighted by molar-refractivity contribution is 5.94. The molecule has 6 nitrogen and oxygen atoms in total.